The minimum atomic E-state index is -0.546. The fraction of sp³-hybridized carbons (Fsp3) is 0.438. The molecule has 1 atom stereocenters. The molecule has 0 bridgehead atoms. The number of halogens is 2. The van der Waals surface area contributed by atoms with E-state index in [0.717, 1.165) is 12.5 Å². The smallest absolute Gasteiger partial charge is 0.328 e. The molecule has 1 heterocycles. The van der Waals surface area contributed by atoms with Gasteiger partial charge in [0.05, 0.1) is 12.7 Å². The first kappa shape index (κ1) is 18.4. The Labute approximate surface area is 147 Å². The average Bonchev–Trinajstić information content (AvgIpc) is 3.05. The van der Waals surface area contributed by atoms with Gasteiger partial charge in [0.1, 0.15) is 11.9 Å². The molecule has 1 unspecified atom stereocenters. The summed E-state index contributed by atoms with van der Waals surface area (Å²) in [6.45, 7) is 0.604. The van der Waals surface area contributed by atoms with Crippen molar-refractivity contribution in [2.75, 3.05) is 20.2 Å². The fourth-order valence-electron chi connectivity index (χ4n) is 2.64. The zero-order valence-electron chi connectivity index (χ0n) is 13.2. The number of methoxy groups -OCH3 is 1. The zero-order valence-corrected chi connectivity index (χ0v) is 14.8. The molecule has 1 N–H and O–H groups in total. The van der Waals surface area contributed by atoms with E-state index in [4.69, 9.17) is 4.74 Å². The van der Waals surface area contributed by atoms with Crippen molar-refractivity contribution in [1.82, 2.24) is 10.2 Å². The van der Waals surface area contributed by atoms with Gasteiger partial charge in [-0.25, -0.2) is 9.18 Å². The lowest BCUT2D eigenvalue weighted by molar-refractivity contribution is -0.150. The van der Waals surface area contributed by atoms with E-state index >= 15 is 0 Å². The summed E-state index contributed by atoms with van der Waals surface area (Å²) >= 11 is 3.18. The molecule has 1 aromatic carbocycles. The number of carbonyl (C=O) groups excluding carboxylic acids is 3. The largest absolute Gasteiger partial charge is 0.467 e. The molecule has 1 aromatic rings. The number of amides is 2. The number of nitrogens with zero attached hydrogens (tertiary/aromatic N) is 1. The monoisotopic (exact) mass is 400 g/mol. The summed E-state index contributed by atoms with van der Waals surface area (Å²) in [4.78, 5) is 37.4. The van der Waals surface area contributed by atoms with Crippen LogP contribution < -0.4 is 5.32 Å². The fourth-order valence-corrected chi connectivity index (χ4v) is 3.07. The molecular formula is C16H18BrFN2O4. The third-order valence-electron chi connectivity index (χ3n) is 3.84. The van der Waals surface area contributed by atoms with Crippen LogP contribution in [-0.4, -0.2) is 48.9 Å². The number of ether oxygens (including phenoxy) is 1. The van der Waals surface area contributed by atoms with Crippen LogP contribution in [0.25, 0.3) is 0 Å². The van der Waals surface area contributed by atoms with Crippen LogP contribution in [-0.2, 0) is 14.3 Å². The number of hydrogen-bond donors (Lipinski definition) is 1. The van der Waals surface area contributed by atoms with Gasteiger partial charge in [0.15, 0.2) is 0 Å². The first-order valence-electron chi connectivity index (χ1n) is 7.54. The van der Waals surface area contributed by atoms with Crippen molar-refractivity contribution in [1.29, 1.82) is 0 Å². The molecule has 6 nitrogen and oxygen atoms in total. The van der Waals surface area contributed by atoms with E-state index < -0.39 is 23.7 Å². The van der Waals surface area contributed by atoms with Gasteiger partial charge < -0.3 is 15.0 Å². The molecule has 1 aliphatic rings. The summed E-state index contributed by atoms with van der Waals surface area (Å²) in [5, 5.41) is 2.58. The third kappa shape index (κ3) is 4.31. The van der Waals surface area contributed by atoms with E-state index in [1.165, 1.54) is 24.1 Å². The maximum Gasteiger partial charge on any atom is 0.328 e. The normalized spacial score (nSPS) is 16.8. The van der Waals surface area contributed by atoms with Crippen LogP contribution in [0.1, 0.15) is 29.6 Å². The van der Waals surface area contributed by atoms with Gasteiger partial charge in [-0.3, -0.25) is 9.59 Å². The highest BCUT2D eigenvalue weighted by Crippen LogP contribution is 2.20. The number of esters is 1. The zero-order chi connectivity index (χ0) is 17.7. The van der Waals surface area contributed by atoms with Crippen molar-refractivity contribution >= 4 is 33.7 Å². The van der Waals surface area contributed by atoms with Gasteiger partial charge >= 0.3 is 5.97 Å². The van der Waals surface area contributed by atoms with Crippen molar-refractivity contribution in [3.63, 3.8) is 0 Å². The van der Waals surface area contributed by atoms with E-state index in [2.05, 4.69) is 21.2 Å². The second kappa shape index (κ2) is 8.23. The molecule has 8 heteroatoms. The standard InChI is InChI=1S/C16H18BrFN2O4/c1-24-16(23)13-3-2-8-20(13)14(21)6-7-19-15(22)11-9-10(18)4-5-12(11)17/h4-5,9,13H,2-3,6-8H2,1H3,(H,19,22). The lowest BCUT2D eigenvalue weighted by atomic mass is 10.2. The van der Waals surface area contributed by atoms with Gasteiger partial charge in [-0.05, 0) is 47.0 Å². The Hall–Kier alpha value is -1.96. The number of rotatable bonds is 5. The minimum absolute atomic E-state index is 0.0617. The Morgan fingerprint density at radius 2 is 2.17 bits per heavy atom. The van der Waals surface area contributed by atoms with Crippen LogP contribution in [0.4, 0.5) is 4.39 Å². The highest BCUT2D eigenvalue weighted by atomic mass is 79.9. The first-order chi connectivity index (χ1) is 11.4. The van der Waals surface area contributed by atoms with Crippen molar-refractivity contribution in [3.8, 4) is 0 Å². The van der Waals surface area contributed by atoms with Gasteiger partial charge in [0.2, 0.25) is 5.91 Å². The van der Waals surface area contributed by atoms with Crippen LogP contribution in [0.2, 0.25) is 0 Å². The SMILES string of the molecule is COC(=O)C1CCCN1C(=O)CCNC(=O)c1cc(F)ccc1Br. The maximum absolute atomic E-state index is 13.2. The summed E-state index contributed by atoms with van der Waals surface area (Å²) in [5.41, 5.74) is 0.163. The predicted octanol–water partition coefficient (Wildman–Crippen LogP) is 1.87. The molecule has 2 rings (SSSR count). The average molecular weight is 401 g/mol. The number of hydrogen-bond acceptors (Lipinski definition) is 4. The van der Waals surface area contributed by atoms with Gasteiger partial charge in [-0.1, -0.05) is 0 Å². The molecule has 130 valence electrons. The highest BCUT2D eigenvalue weighted by Gasteiger charge is 2.34. The molecule has 0 saturated carbocycles. The summed E-state index contributed by atoms with van der Waals surface area (Å²) in [5.74, 6) is -1.63. The van der Waals surface area contributed by atoms with Crippen LogP contribution >= 0.6 is 15.9 Å². The molecule has 0 aliphatic carbocycles. The summed E-state index contributed by atoms with van der Waals surface area (Å²) in [6, 6.07) is 3.26. The van der Waals surface area contributed by atoms with E-state index in [-0.39, 0.29) is 24.4 Å². The first-order valence-corrected chi connectivity index (χ1v) is 8.34. The molecule has 1 fully saturated rings. The van der Waals surface area contributed by atoms with Crippen molar-refractivity contribution in [2.45, 2.75) is 25.3 Å². The van der Waals surface area contributed by atoms with Gasteiger partial charge in [-0.2, -0.15) is 0 Å². The van der Waals surface area contributed by atoms with Crippen molar-refractivity contribution in [3.05, 3.63) is 34.1 Å². The lowest BCUT2D eigenvalue weighted by Crippen LogP contribution is -2.42. The Morgan fingerprint density at radius 3 is 2.88 bits per heavy atom. The number of benzene rings is 1. The van der Waals surface area contributed by atoms with Crippen LogP contribution in [0, 0.1) is 5.82 Å². The molecular weight excluding hydrogens is 383 g/mol. The van der Waals surface area contributed by atoms with Crippen LogP contribution in [0.15, 0.2) is 22.7 Å². The van der Waals surface area contributed by atoms with Crippen LogP contribution in [0.3, 0.4) is 0 Å². The van der Waals surface area contributed by atoms with E-state index in [9.17, 15) is 18.8 Å². The van der Waals surface area contributed by atoms with Gasteiger partial charge in [0, 0.05) is 24.0 Å². The summed E-state index contributed by atoms with van der Waals surface area (Å²) in [7, 11) is 1.29. The van der Waals surface area contributed by atoms with E-state index in [1.54, 1.807) is 0 Å². The van der Waals surface area contributed by atoms with Crippen molar-refractivity contribution in [2.24, 2.45) is 0 Å². The van der Waals surface area contributed by atoms with Gasteiger partial charge in [0.25, 0.3) is 5.91 Å². The molecule has 1 aliphatic heterocycles. The second-order valence-electron chi connectivity index (χ2n) is 5.40. The second-order valence-corrected chi connectivity index (χ2v) is 6.25. The Kier molecular flexibility index (Phi) is 6.30. The molecule has 0 spiro atoms. The van der Waals surface area contributed by atoms with Crippen molar-refractivity contribution < 1.29 is 23.5 Å². The van der Waals surface area contributed by atoms with E-state index in [0.29, 0.717) is 17.4 Å². The number of nitrogens with one attached hydrogen (secondary N) is 1. The summed E-state index contributed by atoms with van der Waals surface area (Å²) < 4.78 is 18.4. The Balaban J connectivity index is 1.87. The summed E-state index contributed by atoms with van der Waals surface area (Å²) in [6.07, 6.45) is 1.39. The molecule has 0 radical (unpaired) electrons. The number of carbonyl (C=O) groups is 3. The molecule has 1 saturated heterocycles. The topological polar surface area (TPSA) is 75.7 Å². The Bertz CT molecular complexity index is 653. The molecule has 2 amide bonds. The van der Waals surface area contributed by atoms with Gasteiger partial charge in [-0.15, -0.1) is 0 Å². The van der Waals surface area contributed by atoms with Crippen LogP contribution in [0.5, 0.6) is 0 Å². The van der Waals surface area contributed by atoms with E-state index in [1.807, 2.05) is 0 Å². The lowest BCUT2D eigenvalue weighted by Gasteiger charge is -2.22. The third-order valence-corrected chi connectivity index (χ3v) is 4.54. The molecule has 24 heavy (non-hydrogen) atoms. The number of likely N-dealkylation sites (tertiary alicyclic amines) is 1. The quantitative estimate of drug-likeness (QED) is 0.765. The maximum atomic E-state index is 13.2. The minimum Gasteiger partial charge on any atom is -0.467 e. The predicted molar refractivity (Wildman–Crippen MR) is 87.8 cm³/mol. The Morgan fingerprint density at radius 1 is 1.42 bits per heavy atom. The molecule has 0 aromatic heterocycles. The highest BCUT2D eigenvalue weighted by molar-refractivity contribution is 9.10.